The molecule has 0 spiro atoms. The number of hydrogen-bond acceptors (Lipinski definition) is 4. The van der Waals surface area contributed by atoms with Crippen LogP contribution in [-0.2, 0) is 4.74 Å². The molecule has 2 N–H and O–H groups in total. The maximum Gasteiger partial charge on any atom is 0.410 e. The number of amides is 1. The van der Waals surface area contributed by atoms with Gasteiger partial charge in [-0.05, 0) is 53.4 Å². The Morgan fingerprint density at radius 2 is 1.95 bits per heavy atom. The van der Waals surface area contributed by atoms with Gasteiger partial charge in [0.05, 0.1) is 5.60 Å². The normalized spacial score (nSPS) is 22.8. The summed E-state index contributed by atoms with van der Waals surface area (Å²) < 4.78 is 5.44. The van der Waals surface area contributed by atoms with Crippen LogP contribution in [0.4, 0.5) is 4.79 Å². The first-order chi connectivity index (χ1) is 10.1. The lowest BCUT2D eigenvalue weighted by Gasteiger charge is -2.27. The van der Waals surface area contributed by atoms with Crippen molar-refractivity contribution < 1.29 is 14.6 Å². The van der Waals surface area contributed by atoms with Crippen molar-refractivity contribution in [3.63, 3.8) is 0 Å². The predicted octanol–water partition coefficient (Wildman–Crippen LogP) is 2.92. The van der Waals surface area contributed by atoms with Crippen molar-refractivity contribution in [1.82, 2.24) is 10.2 Å². The lowest BCUT2D eigenvalue weighted by Crippen LogP contribution is -2.43. The molecule has 0 aliphatic carbocycles. The van der Waals surface area contributed by atoms with Crippen LogP contribution < -0.4 is 5.32 Å². The summed E-state index contributed by atoms with van der Waals surface area (Å²) >= 11 is 0. The van der Waals surface area contributed by atoms with Gasteiger partial charge in [-0.15, -0.1) is 0 Å². The third-order valence-electron chi connectivity index (χ3n) is 3.94. The number of nitrogens with one attached hydrogen (secondary N) is 1. The van der Waals surface area contributed by atoms with Gasteiger partial charge in [-0.2, -0.15) is 0 Å². The predicted molar refractivity (Wildman–Crippen MR) is 89.0 cm³/mol. The topological polar surface area (TPSA) is 61.8 Å². The van der Waals surface area contributed by atoms with E-state index >= 15 is 0 Å². The van der Waals surface area contributed by atoms with Crippen molar-refractivity contribution in [1.29, 1.82) is 0 Å². The molecule has 1 aliphatic heterocycles. The Morgan fingerprint density at radius 3 is 2.55 bits per heavy atom. The average Bonchev–Trinajstić information content (AvgIpc) is 2.60. The number of nitrogens with zero attached hydrogens (tertiary/aromatic N) is 1. The van der Waals surface area contributed by atoms with Crippen molar-refractivity contribution in [3.05, 3.63) is 0 Å². The Hall–Kier alpha value is -0.810. The highest BCUT2D eigenvalue weighted by atomic mass is 16.6. The highest BCUT2D eigenvalue weighted by Gasteiger charge is 2.26. The van der Waals surface area contributed by atoms with Crippen LogP contribution in [0.5, 0.6) is 0 Å². The molecule has 1 heterocycles. The summed E-state index contributed by atoms with van der Waals surface area (Å²) in [6.45, 7) is 11.7. The second-order valence-electron chi connectivity index (χ2n) is 7.72. The van der Waals surface area contributed by atoms with Crippen LogP contribution in [0, 0.1) is 0 Å². The zero-order valence-electron chi connectivity index (χ0n) is 14.9. The molecule has 0 aromatic heterocycles. The number of ether oxygens (including phenoxy) is 1. The van der Waals surface area contributed by atoms with Gasteiger partial charge in [0.1, 0.15) is 5.60 Å². The van der Waals surface area contributed by atoms with Crippen LogP contribution in [0.25, 0.3) is 0 Å². The third-order valence-corrected chi connectivity index (χ3v) is 3.94. The van der Waals surface area contributed by atoms with Gasteiger partial charge < -0.3 is 20.1 Å². The lowest BCUT2D eigenvalue weighted by molar-refractivity contribution is 0.0252. The molecule has 130 valence electrons. The van der Waals surface area contributed by atoms with E-state index in [1.807, 2.05) is 27.7 Å². The first-order valence-electron chi connectivity index (χ1n) is 8.56. The van der Waals surface area contributed by atoms with E-state index in [1.165, 1.54) is 0 Å². The molecule has 5 nitrogen and oxygen atoms in total. The van der Waals surface area contributed by atoms with E-state index in [0.29, 0.717) is 19.1 Å². The molecule has 1 aliphatic rings. The molecule has 22 heavy (non-hydrogen) atoms. The highest BCUT2D eigenvalue weighted by molar-refractivity contribution is 5.68. The molecule has 1 fully saturated rings. The number of carbonyl (C=O) groups excluding carboxylic acids is 1. The summed E-state index contributed by atoms with van der Waals surface area (Å²) in [5.74, 6) is 0. The Bertz CT molecular complexity index is 350. The maximum atomic E-state index is 12.1. The summed E-state index contributed by atoms with van der Waals surface area (Å²) in [6.07, 6.45) is 4.46. The van der Waals surface area contributed by atoms with Crippen LogP contribution in [0.1, 0.15) is 66.7 Å². The molecule has 0 saturated carbocycles. The average molecular weight is 314 g/mol. The fourth-order valence-corrected chi connectivity index (χ4v) is 2.80. The molecule has 0 aromatic carbocycles. The van der Waals surface area contributed by atoms with Crippen molar-refractivity contribution in [2.45, 2.75) is 84.0 Å². The molecule has 2 unspecified atom stereocenters. The van der Waals surface area contributed by atoms with Gasteiger partial charge in [0.15, 0.2) is 0 Å². The fraction of sp³-hybridized carbons (Fsp3) is 0.941. The molecule has 1 amide bonds. The largest absolute Gasteiger partial charge is 0.444 e. The quantitative estimate of drug-likeness (QED) is 0.819. The van der Waals surface area contributed by atoms with Gasteiger partial charge in [0.2, 0.25) is 0 Å². The molecular formula is C17H34N2O3. The summed E-state index contributed by atoms with van der Waals surface area (Å²) in [4.78, 5) is 13.9. The molecule has 0 aromatic rings. The van der Waals surface area contributed by atoms with E-state index in [2.05, 4.69) is 12.2 Å². The van der Waals surface area contributed by atoms with Gasteiger partial charge in [-0.1, -0.05) is 13.3 Å². The van der Waals surface area contributed by atoms with Crippen molar-refractivity contribution >= 4 is 6.09 Å². The number of hydrogen-bond donors (Lipinski definition) is 2. The lowest BCUT2D eigenvalue weighted by atomic mass is 9.99. The standard InChI is InChI=1S/C17H34N2O3/c1-6-10-17(5,21)13-18-14-8-7-11-19(12-9-14)15(20)22-16(2,3)4/h14,18,21H,6-13H2,1-5H3. The number of rotatable bonds is 5. The number of carbonyl (C=O) groups is 1. The van der Waals surface area contributed by atoms with E-state index in [1.54, 1.807) is 4.90 Å². The zero-order chi connectivity index (χ0) is 16.8. The van der Waals surface area contributed by atoms with Gasteiger partial charge in [-0.3, -0.25) is 0 Å². The molecular weight excluding hydrogens is 280 g/mol. The summed E-state index contributed by atoms with van der Waals surface area (Å²) in [5, 5.41) is 13.7. The minimum absolute atomic E-state index is 0.217. The summed E-state index contributed by atoms with van der Waals surface area (Å²) in [6, 6.07) is 0.357. The molecule has 0 bridgehead atoms. The molecule has 2 atom stereocenters. The Balaban J connectivity index is 2.41. The van der Waals surface area contributed by atoms with Gasteiger partial charge in [0, 0.05) is 25.7 Å². The third kappa shape index (κ3) is 7.45. The second kappa shape index (κ2) is 8.16. The summed E-state index contributed by atoms with van der Waals surface area (Å²) in [5.41, 5.74) is -1.09. The van der Waals surface area contributed by atoms with Crippen molar-refractivity contribution in [3.8, 4) is 0 Å². The fourth-order valence-electron chi connectivity index (χ4n) is 2.80. The van der Waals surface area contributed by atoms with Crippen molar-refractivity contribution in [2.24, 2.45) is 0 Å². The number of aliphatic hydroxyl groups is 1. The van der Waals surface area contributed by atoms with Gasteiger partial charge >= 0.3 is 6.09 Å². The van der Waals surface area contributed by atoms with Crippen LogP contribution in [0.2, 0.25) is 0 Å². The van der Waals surface area contributed by atoms with Crippen LogP contribution in [0.15, 0.2) is 0 Å². The van der Waals surface area contributed by atoms with Crippen molar-refractivity contribution in [2.75, 3.05) is 19.6 Å². The minimum atomic E-state index is -0.647. The maximum absolute atomic E-state index is 12.1. The van der Waals surface area contributed by atoms with Gasteiger partial charge in [0.25, 0.3) is 0 Å². The highest BCUT2D eigenvalue weighted by Crippen LogP contribution is 2.17. The van der Waals surface area contributed by atoms with E-state index < -0.39 is 11.2 Å². The molecule has 5 heteroatoms. The Kier molecular flexibility index (Phi) is 7.13. The van der Waals surface area contributed by atoms with E-state index in [-0.39, 0.29) is 6.09 Å². The van der Waals surface area contributed by atoms with Crippen LogP contribution >= 0.6 is 0 Å². The first-order valence-corrected chi connectivity index (χ1v) is 8.56. The zero-order valence-corrected chi connectivity index (χ0v) is 14.9. The Morgan fingerprint density at radius 1 is 1.27 bits per heavy atom. The minimum Gasteiger partial charge on any atom is -0.444 e. The van der Waals surface area contributed by atoms with Gasteiger partial charge in [-0.25, -0.2) is 4.79 Å². The monoisotopic (exact) mass is 314 g/mol. The second-order valence-corrected chi connectivity index (χ2v) is 7.72. The van der Waals surface area contributed by atoms with Crippen LogP contribution in [-0.4, -0.2) is 53.0 Å². The van der Waals surface area contributed by atoms with E-state index in [9.17, 15) is 9.90 Å². The van der Waals surface area contributed by atoms with E-state index in [4.69, 9.17) is 4.74 Å². The number of likely N-dealkylation sites (tertiary alicyclic amines) is 1. The van der Waals surface area contributed by atoms with Crippen LogP contribution in [0.3, 0.4) is 0 Å². The molecule has 0 radical (unpaired) electrons. The first kappa shape index (κ1) is 19.2. The smallest absolute Gasteiger partial charge is 0.410 e. The Labute approximate surface area is 135 Å². The van der Waals surface area contributed by atoms with E-state index in [0.717, 1.165) is 38.6 Å². The summed E-state index contributed by atoms with van der Waals surface area (Å²) in [7, 11) is 0. The molecule has 1 rings (SSSR count). The SMILES string of the molecule is CCCC(C)(O)CNC1CCCN(C(=O)OC(C)(C)C)CC1. The molecule has 1 saturated heterocycles.